The van der Waals surface area contributed by atoms with Crippen molar-refractivity contribution in [2.45, 2.75) is 12.9 Å². The van der Waals surface area contributed by atoms with Crippen molar-refractivity contribution in [1.82, 2.24) is 0 Å². The van der Waals surface area contributed by atoms with Crippen molar-refractivity contribution in [3.63, 3.8) is 0 Å². The number of fused-ring (bicyclic) bond motifs is 1. The minimum Gasteiger partial charge on any atom is -0.460 e. The third-order valence-corrected chi connectivity index (χ3v) is 2.95. The molecule has 1 aliphatic heterocycles. The molecule has 0 amide bonds. The number of non-ortho nitro benzene ring substituents is 1. The number of para-hydroxylation sites is 1. The first kappa shape index (κ1) is 11.7. The zero-order chi connectivity index (χ0) is 13.2. The molecule has 0 bridgehead atoms. The maximum atomic E-state index is 10.8. The van der Waals surface area contributed by atoms with E-state index in [4.69, 9.17) is 9.47 Å². The average Bonchev–Trinajstić information content (AvgIpc) is 2.47. The Balaban J connectivity index is 1.89. The van der Waals surface area contributed by atoms with E-state index in [0.29, 0.717) is 12.2 Å². The summed E-state index contributed by atoms with van der Waals surface area (Å²) in [4.78, 5) is 10.3. The van der Waals surface area contributed by atoms with Crippen molar-refractivity contribution in [1.29, 1.82) is 0 Å². The smallest absolute Gasteiger partial charge is 0.269 e. The van der Waals surface area contributed by atoms with Gasteiger partial charge in [-0.1, -0.05) is 30.3 Å². The molecule has 0 saturated carbocycles. The van der Waals surface area contributed by atoms with E-state index < -0.39 is 11.2 Å². The maximum absolute atomic E-state index is 10.8. The van der Waals surface area contributed by atoms with E-state index in [0.717, 1.165) is 11.3 Å². The third-order valence-electron chi connectivity index (χ3n) is 2.95. The van der Waals surface area contributed by atoms with Crippen LogP contribution in [0.5, 0.6) is 5.75 Å². The van der Waals surface area contributed by atoms with Crippen molar-refractivity contribution >= 4 is 5.69 Å². The minimum absolute atomic E-state index is 0.0311. The SMILES string of the molecule is O=[N+]([O-])c1cccc(C2OCc3ccccc3O2)c1. The van der Waals surface area contributed by atoms with Gasteiger partial charge in [-0.25, -0.2) is 0 Å². The van der Waals surface area contributed by atoms with Gasteiger partial charge >= 0.3 is 0 Å². The van der Waals surface area contributed by atoms with Crippen molar-refractivity contribution in [3.05, 3.63) is 69.8 Å². The van der Waals surface area contributed by atoms with E-state index in [1.807, 2.05) is 24.3 Å². The number of nitro groups is 1. The van der Waals surface area contributed by atoms with Crippen LogP contribution in [-0.2, 0) is 11.3 Å². The van der Waals surface area contributed by atoms with Gasteiger partial charge in [0.2, 0.25) is 6.29 Å². The van der Waals surface area contributed by atoms with Crippen LogP contribution in [0.2, 0.25) is 0 Å². The molecule has 3 rings (SSSR count). The minimum atomic E-state index is -0.602. The van der Waals surface area contributed by atoms with Crippen LogP contribution in [0, 0.1) is 10.1 Å². The van der Waals surface area contributed by atoms with Gasteiger partial charge in [0.05, 0.1) is 11.5 Å². The summed E-state index contributed by atoms with van der Waals surface area (Å²) in [5.74, 6) is 0.755. The van der Waals surface area contributed by atoms with Gasteiger partial charge in [-0.3, -0.25) is 10.1 Å². The lowest BCUT2D eigenvalue weighted by molar-refractivity contribution is -0.385. The fourth-order valence-electron chi connectivity index (χ4n) is 2.00. The van der Waals surface area contributed by atoms with Crippen LogP contribution in [0.25, 0.3) is 0 Å². The highest BCUT2D eigenvalue weighted by Crippen LogP contribution is 2.33. The zero-order valence-corrected chi connectivity index (χ0v) is 9.98. The third kappa shape index (κ3) is 2.28. The Hall–Kier alpha value is -2.40. The summed E-state index contributed by atoms with van der Waals surface area (Å²) in [5.41, 5.74) is 1.65. The van der Waals surface area contributed by atoms with Crippen molar-refractivity contribution in [2.75, 3.05) is 0 Å². The normalized spacial score (nSPS) is 17.4. The topological polar surface area (TPSA) is 61.6 Å². The van der Waals surface area contributed by atoms with Crippen LogP contribution in [0.4, 0.5) is 5.69 Å². The first-order valence-corrected chi connectivity index (χ1v) is 5.84. The second-order valence-electron chi connectivity index (χ2n) is 4.22. The zero-order valence-electron chi connectivity index (χ0n) is 9.98. The maximum Gasteiger partial charge on any atom is 0.269 e. The molecule has 0 radical (unpaired) electrons. The highest BCUT2D eigenvalue weighted by Gasteiger charge is 2.22. The quantitative estimate of drug-likeness (QED) is 0.612. The average molecular weight is 257 g/mol. The fourth-order valence-corrected chi connectivity index (χ4v) is 2.00. The summed E-state index contributed by atoms with van der Waals surface area (Å²) in [6, 6.07) is 13.9. The second-order valence-corrected chi connectivity index (χ2v) is 4.22. The molecule has 0 N–H and O–H groups in total. The van der Waals surface area contributed by atoms with Gasteiger partial charge in [0.1, 0.15) is 5.75 Å². The predicted octanol–water partition coefficient (Wildman–Crippen LogP) is 3.20. The largest absolute Gasteiger partial charge is 0.460 e. The fraction of sp³-hybridized carbons (Fsp3) is 0.143. The van der Waals surface area contributed by atoms with Gasteiger partial charge in [-0.05, 0) is 6.07 Å². The van der Waals surface area contributed by atoms with E-state index in [9.17, 15) is 10.1 Å². The Morgan fingerprint density at radius 3 is 2.84 bits per heavy atom. The molecule has 5 heteroatoms. The molecule has 0 fully saturated rings. The number of benzene rings is 2. The highest BCUT2D eigenvalue weighted by molar-refractivity contribution is 5.38. The summed E-state index contributed by atoms with van der Waals surface area (Å²) in [7, 11) is 0. The van der Waals surface area contributed by atoms with Gasteiger partial charge in [-0.2, -0.15) is 0 Å². The molecule has 1 aliphatic rings. The van der Waals surface area contributed by atoms with E-state index >= 15 is 0 Å². The Bertz CT molecular complexity index is 626. The van der Waals surface area contributed by atoms with Crippen LogP contribution in [0.1, 0.15) is 17.4 Å². The Kier molecular flexibility index (Phi) is 2.89. The number of rotatable bonds is 2. The van der Waals surface area contributed by atoms with Gasteiger partial charge < -0.3 is 9.47 Å². The Morgan fingerprint density at radius 1 is 1.16 bits per heavy atom. The van der Waals surface area contributed by atoms with Crippen molar-refractivity contribution in [3.8, 4) is 5.75 Å². The molecular formula is C14H11NO4. The van der Waals surface area contributed by atoms with Crippen molar-refractivity contribution in [2.24, 2.45) is 0 Å². The lowest BCUT2D eigenvalue weighted by Gasteiger charge is -2.26. The lowest BCUT2D eigenvalue weighted by atomic mass is 10.1. The van der Waals surface area contributed by atoms with Gasteiger partial charge in [0.15, 0.2) is 0 Å². The van der Waals surface area contributed by atoms with Crippen LogP contribution in [0.15, 0.2) is 48.5 Å². The summed E-state index contributed by atoms with van der Waals surface area (Å²) in [6.07, 6.45) is -0.602. The molecule has 0 spiro atoms. The monoisotopic (exact) mass is 257 g/mol. The van der Waals surface area contributed by atoms with E-state index in [-0.39, 0.29) is 5.69 Å². The van der Waals surface area contributed by atoms with Gasteiger partial charge in [-0.15, -0.1) is 0 Å². The van der Waals surface area contributed by atoms with Gasteiger partial charge in [0, 0.05) is 23.3 Å². The summed E-state index contributed by atoms with van der Waals surface area (Å²) >= 11 is 0. The summed E-state index contributed by atoms with van der Waals surface area (Å²) in [6.45, 7) is 0.434. The molecule has 19 heavy (non-hydrogen) atoms. The molecule has 2 aromatic carbocycles. The van der Waals surface area contributed by atoms with Crippen LogP contribution < -0.4 is 4.74 Å². The summed E-state index contributed by atoms with van der Waals surface area (Å²) < 4.78 is 11.3. The van der Waals surface area contributed by atoms with E-state index in [1.165, 1.54) is 12.1 Å². The number of hydrogen-bond acceptors (Lipinski definition) is 4. The molecule has 0 saturated heterocycles. The highest BCUT2D eigenvalue weighted by atomic mass is 16.7. The number of nitrogens with zero attached hydrogens (tertiary/aromatic N) is 1. The molecule has 1 unspecified atom stereocenters. The molecular weight excluding hydrogens is 246 g/mol. The number of hydrogen-bond donors (Lipinski definition) is 0. The van der Waals surface area contributed by atoms with Gasteiger partial charge in [0.25, 0.3) is 5.69 Å². The summed E-state index contributed by atoms with van der Waals surface area (Å²) in [5, 5.41) is 10.8. The molecule has 0 aliphatic carbocycles. The molecule has 2 aromatic rings. The number of ether oxygens (including phenoxy) is 2. The first-order valence-electron chi connectivity index (χ1n) is 5.84. The molecule has 0 aromatic heterocycles. The van der Waals surface area contributed by atoms with E-state index in [2.05, 4.69) is 0 Å². The second kappa shape index (κ2) is 4.70. The lowest BCUT2D eigenvalue weighted by Crippen LogP contribution is -2.17. The molecule has 1 atom stereocenters. The Labute approximate surface area is 109 Å². The van der Waals surface area contributed by atoms with Crippen LogP contribution in [-0.4, -0.2) is 4.92 Å². The first-order chi connectivity index (χ1) is 9.24. The van der Waals surface area contributed by atoms with Crippen LogP contribution >= 0.6 is 0 Å². The molecule has 96 valence electrons. The van der Waals surface area contributed by atoms with Crippen LogP contribution in [0.3, 0.4) is 0 Å². The molecule has 1 heterocycles. The van der Waals surface area contributed by atoms with E-state index in [1.54, 1.807) is 12.1 Å². The predicted molar refractivity (Wildman–Crippen MR) is 67.7 cm³/mol. The Morgan fingerprint density at radius 2 is 2.00 bits per heavy atom. The standard InChI is InChI=1S/C14H11NO4/c16-15(17)12-6-3-5-10(8-12)14-18-9-11-4-1-2-7-13(11)19-14/h1-8,14H,9H2. The number of nitro benzene ring substituents is 1. The molecule has 5 nitrogen and oxygen atoms in total. The van der Waals surface area contributed by atoms with Crippen molar-refractivity contribution < 1.29 is 14.4 Å².